The molecule has 0 fully saturated rings. The summed E-state index contributed by atoms with van der Waals surface area (Å²) in [7, 11) is 1.29. The Labute approximate surface area is 100 Å². The molecule has 0 aliphatic rings. The summed E-state index contributed by atoms with van der Waals surface area (Å²) in [5.41, 5.74) is -1.85. The van der Waals surface area contributed by atoms with Gasteiger partial charge in [0.15, 0.2) is 12.6 Å². The summed E-state index contributed by atoms with van der Waals surface area (Å²) in [6, 6.07) is 0.960. The standard InChI is InChI=1S/C11H10F4O3/c1-6(16)7-3-8(11(13,14)15)9(12)4-10(7)18-5-17-2/h3-4H,5H2,1-2H3. The second kappa shape index (κ2) is 5.34. The normalized spacial score (nSPS) is 11.4. The van der Waals surface area contributed by atoms with E-state index in [2.05, 4.69) is 4.74 Å². The average molecular weight is 266 g/mol. The third kappa shape index (κ3) is 3.19. The Morgan fingerprint density at radius 1 is 1.33 bits per heavy atom. The smallest absolute Gasteiger partial charge is 0.419 e. The molecule has 3 nitrogen and oxygen atoms in total. The highest BCUT2D eigenvalue weighted by molar-refractivity contribution is 5.97. The minimum atomic E-state index is -4.87. The number of Topliss-reactive ketones (excluding diaryl/α,β-unsaturated/α-hetero) is 1. The van der Waals surface area contributed by atoms with Gasteiger partial charge in [0.05, 0.1) is 11.1 Å². The number of ketones is 1. The molecule has 0 amide bonds. The van der Waals surface area contributed by atoms with Crippen molar-refractivity contribution in [3.05, 3.63) is 29.1 Å². The molecule has 0 saturated heterocycles. The lowest BCUT2D eigenvalue weighted by Gasteiger charge is -2.13. The number of benzene rings is 1. The van der Waals surface area contributed by atoms with Crippen LogP contribution < -0.4 is 4.74 Å². The Balaban J connectivity index is 3.30. The molecule has 0 atom stereocenters. The van der Waals surface area contributed by atoms with Crippen molar-refractivity contribution in [2.24, 2.45) is 0 Å². The SMILES string of the molecule is COCOc1cc(F)c(C(F)(F)F)cc1C(C)=O. The van der Waals surface area contributed by atoms with Crippen LogP contribution in [0.4, 0.5) is 17.6 Å². The molecule has 100 valence electrons. The zero-order valence-corrected chi connectivity index (χ0v) is 9.60. The zero-order valence-electron chi connectivity index (χ0n) is 9.60. The molecule has 7 heteroatoms. The van der Waals surface area contributed by atoms with Gasteiger partial charge in [0.25, 0.3) is 0 Å². The van der Waals surface area contributed by atoms with Gasteiger partial charge in [0.2, 0.25) is 0 Å². The van der Waals surface area contributed by atoms with E-state index in [4.69, 9.17) is 4.74 Å². The Kier molecular flexibility index (Phi) is 4.28. The van der Waals surface area contributed by atoms with E-state index in [0.29, 0.717) is 12.1 Å². The van der Waals surface area contributed by atoms with Gasteiger partial charge in [-0.05, 0) is 13.0 Å². The van der Waals surface area contributed by atoms with E-state index in [0.717, 1.165) is 6.92 Å². The predicted octanol–water partition coefficient (Wildman–Crippen LogP) is 3.03. The molecule has 0 aromatic heterocycles. The van der Waals surface area contributed by atoms with Crippen LogP contribution in [-0.2, 0) is 10.9 Å². The van der Waals surface area contributed by atoms with Crippen LogP contribution in [0, 0.1) is 5.82 Å². The van der Waals surface area contributed by atoms with Crippen molar-refractivity contribution in [2.45, 2.75) is 13.1 Å². The van der Waals surface area contributed by atoms with E-state index >= 15 is 0 Å². The summed E-state index contributed by atoms with van der Waals surface area (Å²) >= 11 is 0. The molecule has 0 spiro atoms. The predicted molar refractivity (Wildman–Crippen MR) is 53.9 cm³/mol. The molecular formula is C11H10F4O3. The fourth-order valence-electron chi connectivity index (χ4n) is 1.29. The number of hydrogen-bond acceptors (Lipinski definition) is 3. The molecule has 1 aromatic carbocycles. The second-order valence-corrected chi connectivity index (χ2v) is 3.43. The Morgan fingerprint density at radius 3 is 2.39 bits per heavy atom. The number of alkyl halides is 3. The van der Waals surface area contributed by atoms with E-state index in [-0.39, 0.29) is 18.1 Å². The third-order valence-corrected chi connectivity index (χ3v) is 2.09. The number of rotatable bonds is 4. The van der Waals surface area contributed by atoms with Gasteiger partial charge >= 0.3 is 6.18 Å². The van der Waals surface area contributed by atoms with Gasteiger partial charge in [-0.2, -0.15) is 13.2 Å². The second-order valence-electron chi connectivity index (χ2n) is 3.43. The number of methoxy groups -OCH3 is 1. The van der Waals surface area contributed by atoms with Crippen molar-refractivity contribution in [2.75, 3.05) is 13.9 Å². The average Bonchev–Trinajstić information content (AvgIpc) is 2.23. The highest BCUT2D eigenvalue weighted by Gasteiger charge is 2.35. The maximum absolute atomic E-state index is 13.3. The van der Waals surface area contributed by atoms with Crippen LogP contribution in [0.2, 0.25) is 0 Å². The molecule has 0 aliphatic heterocycles. The Morgan fingerprint density at radius 2 is 1.94 bits per heavy atom. The zero-order chi connectivity index (χ0) is 13.9. The fraction of sp³-hybridized carbons (Fsp3) is 0.364. The minimum absolute atomic E-state index is 0.283. The molecular weight excluding hydrogens is 256 g/mol. The summed E-state index contributed by atoms with van der Waals surface area (Å²) in [6.07, 6.45) is -4.87. The number of ether oxygens (including phenoxy) is 2. The van der Waals surface area contributed by atoms with Crippen LogP contribution in [0.5, 0.6) is 5.75 Å². The van der Waals surface area contributed by atoms with Crippen molar-refractivity contribution in [3.63, 3.8) is 0 Å². The molecule has 0 radical (unpaired) electrons. The maximum Gasteiger partial charge on any atom is 0.419 e. The number of hydrogen-bond donors (Lipinski definition) is 0. The van der Waals surface area contributed by atoms with E-state index in [9.17, 15) is 22.4 Å². The highest BCUT2D eigenvalue weighted by atomic mass is 19.4. The third-order valence-electron chi connectivity index (χ3n) is 2.09. The van der Waals surface area contributed by atoms with Crippen molar-refractivity contribution in [1.29, 1.82) is 0 Å². The van der Waals surface area contributed by atoms with E-state index in [1.54, 1.807) is 0 Å². The maximum atomic E-state index is 13.3. The summed E-state index contributed by atoms with van der Waals surface area (Å²) < 4.78 is 60.0. The summed E-state index contributed by atoms with van der Waals surface area (Å²) in [6.45, 7) is 0.762. The van der Waals surface area contributed by atoms with Gasteiger partial charge < -0.3 is 9.47 Å². The van der Waals surface area contributed by atoms with E-state index in [1.165, 1.54) is 7.11 Å². The first-order valence-corrected chi connectivity index (χ1v) is 4.80. The van der Waals surface area contributed by atoms with Crippen LogP contribution in [0.1, 0.15) is 22.8 Å². The lowest BCUT2D eigenvalue weighted by atomic mass is 10.1. The number of carbonyl (C=O) groups excluding carboxylic acids is 1. The first-order valence-electron chi connectivity index (χ1n) is 4.80. The molecule has 18 heavy (non-hydrogen) atoms. The minimum Gasteiger partial charge on any atom is -0.467 e. The van der Waals surface area contributed by atoms with Crippen LogP contribution in [0.25, 0.3) is 0 Å². The number of halogens is 4. The van der Waals surface area contributed by atoms with E-state index in [1.807, 2.05) is 0 Å². The molecule has 0 saturated carbocycles. The molecule has 0 aliphatic carbocycles. The lowest BCUT2D eigenvalue weighted by Crippen LogP contribution is -2.12. The highest BCUT2D eigenvalue weighted by Crippen LogP contribution is 2.35. The van der Waals surface area contributed by atoms with Crippen molar-refractivity contribution >= 4 is 5.78 Å². The summed E-state index contributed by atoms with van der Waals surface area (Å²) in [4.78, 5) is 11.2. The first kappa shape index (κ1) is 14.4. The first-order chi connectivity index (χ1) is 8.27. The molecule has 1 aromatic rings. The van der Waals surface area contributed by atoms with Crippen molar-refractivity contribution in [1.82, 2.24) is 0 Å². The van der Waals surface area contributed by atoms with Crippen LogP contribution in [0.3, 0.4) is 0 Å². The number of carbonyl (C=O) groups is 1. The van der Waals surface area contributed by atoms with Gasteiger partial charge in [0.1, 0.15) is 11.6 Å². The van der Waals surface area contributed by atoms with Crippen molar-refractivity contribution in [3.8, 4) is 5.75 Å². The summed E-state index contributed by atoms with van der Waals surface area (Å²) in [5, 5.41) is 0. The monoisotopic (exact) mass is 266 g/mol. The van der Waals surface area contributed by atoms with Gasteiger partial charge in [-0.25, -0.2) is 4.39 Å². The topological polar surface area (TPSA) is 35.5 Å². The Hall–Kier alpha value is -1.63. The van der Waals surface area contributed by atoms with Gasteiger partial charge in [-0.1, -0.05) is 0 Å². The van der Waals surface area contributed by atoms with Crippen molar-refractivity contribution < 1.29 is 31.8 Å². The van der Waals surface area contributed by atoms with Gasteiger partial charge in [-0.15, -0.1) is 0 Å². The fourth-order valence-corrected chi connectivity index (χ4v) is 1.29. The van der Waals surface area contributed by atoms with E-state index < -0.39 is 23.3 Å². The van der Waals surface area contributed by atoms with Gasteiger partial charge in [-0.3, -0.25) is 4.79 Å². The summed E-state index contributed by atoms with van der Waals surface area (Å²) in [5.74, 6) is -2.44. The lowest BCUT2D eigenvalue weighted by molar-refractivity contribution is -0.140. The van der Waals surface area contributed by atoms with Crippen LogP contribution in [0.15, 0.2) is 12.1 Å². The largest absolute Gasteiger partial charge is 0.467 e. The molecule has 0 unspecified atom stereocenters. The Bertz CT molecular complexity index is 454. The van der Waals surface area contributed by atoms with Crippen LogP contribution in [-0.4, -0.2) is 19.7 Å². The molecule has 1 rings (SSSR count). The van der Waals surface area contributed by atoms with Gasteiger partial charge in [0, 0.05) is 13.2 Å². The molecule has 0 bridgehead atoms. The quantitative estimate of drug-likeness (QED) is 0.477. The molecule has 0 N–H and O–H groups in total. The van der Waals surface area contributed by atoms with Crippen LogP contribution >= 0.6 is 0 Å². The molecule has 0 heterocycles.